The zero-order valence-corrected chi connectivity index (χ0v) is 17.5. The third-order valence-electron chi connectivity index (χ3n) is 4.63. The second kappa shape index (κ2) is 8.53. The van der Waals surface area contributed by atoms with E-state index in [1.54, 1.807) is 72.9 Å². The van der Waals surface area contributed by atoms with Crippen molar-refractivity contribution in [2.75, 3.05) is 5.32 Å². The number of carbonyl (C=O) groups excluding carboxylic acids is 1. The Kier molecular flexibility index (Phi) is 5.64. The van der Waals surface area contributed by atoms with E-state index in [4.69, 9.17) is 4.52 Å². The van der Waals surface area contributed by atoms with Gasteiger partial charge in [-0.2, -0.15) is 0 Å². The number of hydrogen-bond acceptors (Lipinski definition) is 6. The van der Waals surface area contributed by atoms with Crippen LogP contribution in [0.4, 0.5) is 5.88 Å². The molecule has 0 radical (unpaired) electrons. The minimum absolute atomic E-state index is 0.145. The van der Waals surface area contributed by atoms with Crippen molar-refractivity contribution in [3.05, 3.63) is 95.7 Å². The van der Waals surface area contributed by atoms with Gasteiger partial charge in [0.1, 0.15) is 5.69 Å². The van der Waals surface area contributed by atoms with Crippen LogP contribution in [-0.2, 0) is 15.6 Å². The third kappa shape index (κ3) is 4.87. The Morgan fingerprint density at radius 3 is 2.39 bits per heavy atom. The fourth-order valence-corrected chi connectivity index (χ4v) is 4.30. The molecule has 0 atom stereocenters. The molecule has 8 heteroatoms. The molecule has 0 aliphatic rings. The van der Waals surface area contributed by atoms with Gasteiger partial charge in [0.05, 0.1) is 16.3 Å². The number of anilines is 1. The van der Waals surface area contributed by atoms with Crippen LogP contribution in [0.2, 0.25) is 0 Å². The fourth-order valence-electron chi connectivity index (χ4n) is 2.95. The predicted molar refractivity (Wildman–Crippen MR) is 116 cm³/mol. The number of rotatable bonds is 6. The van der Waals surface area contributed by atoms with E-state index in [-0.39, 0.29) is 16.5 Å². The number of sulfone groups is 1. The van der Waals surface area contributed by atoms with E-state index < -0.39 is 15.7 Å². The second-order valence-corrected chi connectivity index (χ2v) is 9.00. The highest BCUT2D eigenvalue weighted by Crippen LogP contribution is 2.21. The summed E-state index contributed by atoms with van der Waals surface area (Å²) in [4.78, 5) is 16.9. The molecule has 2 aromatic heterocycles. The van der Waals surface area contributed by atoms with Crippen LogP contribution < -0.4 is 5.32 Å². The standard InChI is InChI=1S/C23H19N3O4S/c1-16-5-11-19(12-6-16)31(28,29)15-17-7-9-18(10-8-17)23(27)25-22-14-21(26-30-22)20-4-2-3-13-24-20/h2-14H,15H2,1H3,(H,25,27). The zero-order valence-electron chi connectivity index (χ0n) is 16.6. The van der Waals surface area contributed by atoms with Crippen LogP contribution >= 0.6 is 0 Å². The number of aromatic nitrogens is 2. The molecule has 1 amide bonds. The molecule has 4 aromatic rings. The molecular weight excluding hydrogens is 414 g/mol. The topological polar surface area (TPSA) is 102 Å². The highest BCUT2D eigenvalue weighted by atomic mass is 32.2. The van der Waals surface area contributed by atoms with Gasteiger partial charge in [-0.3, -0.25) is 15.1 Å². The van der Waals surface area contributed by atoms with Gasteiger partial charge in [0, 0.05) is 17.8 Å². The van der Waals surface area contributed by atoms with Gasteiger partial charge in [-0.05, 0) is 48.9 Å². The molecule has 31 heavy (non-hydrogen) atoms. The molecule has 156 valence electrons. The Labute approximate surface area is 179 Å². The van der Waals surface area contributed by atoms with E-state index >= 15 is 0 Å². The first-order valence-electron chi connectivity index (χ1n) is 9.48. The molecule has 0 fully saturated rings. The van der Waals surface area contributed by atoms with Crippen molar-refractivity contribution in [3.8, 4) is 11.4 Å². The number of carbonyl (C=O) groups is 1. The van der Waals surface area contributed by atoms with Crippen LogP contribution in [0.25, 0.3) is 11.4 Å². The highest BCUT2D eigenvalue weighted by Gasteiger charge is 2.16. The van der Waals surface area contributed by atoms with Crippen molar-refractivity contribution < 1.29 is 17.7 Å². The normalized spacial score (nSPS) is 11.3. The van der Waals surface area contributed by atoms with Gasteiger partial charge >= 0.3 is 0 Å². The molecule has 2 aromatic carbocycles. The maximum absolute atomic E-state index is 12.6. The quantitative estimate of drug-likeness (QED) is 0.487. The summed E-state index contributed by atoms with van der Waals surface area (Å²) in [5, 5.41) is 6.54. The summed E-state index contributed by atoms with van der Waals surface area (Å²) < 4.78 is 30.3. The Morgan fingerprint density at radius 1 is 0.968 bits per heavy atom. The maximum Gasteiger partial charge on any atom is 0.258 e. The van der Waals surface area contributed by atoms with Gasteiger partial charge in [-0.25, -0.2) is 8.42 Å². The van der Waals surface area contributed by atoms with Crippen LogP contribution in [0.3, 0.4) is 0 Å². The Balaban J connectivity index is 1.43. The molecule has 0 aliphatic heterocycles. The van der Waals surface area contributed by atoms with Gasteiger partial charge in [0.15, 0.2) is 9.84 Å². The lowest BCUT2D eigenvalue weighted by Crippen LogP contribution is -2.11. The number of nitrogens with zero attached hydrogens (tertiary/aromatic N) is 2. The number of amides is 1. The summed E-state index contributed by atoms with van der Waals surface area (Å²) >= 11 is 0. The summed E-state index contributed by atoms with van der Waals surface area (Å²) in [6.45, 7) is 1.90. The summed E-state index contributed by atoms with van der Waals surface area (Å²) in [5.41, 5.74) is 3.09. The molecule has 0 aliphatic carbocycles. The lowest BCUT2D eigenvalue weighted by atomic mass is 10.1. The van der Waals surface area contributed by atoms with Gasteiger partial charge in [-0.1, -0.05) is 41.1 Å². The number of hydrogen-bond donors (Lipinski definition) is 1. The minimum atomic E-state index is -3.47. The number of benzene rings is 2. The van der Waals surface area contributed by atoms with Crippen molar-refractivity contribution in [3.63, 3.8) is 0 Å². The molecule has 0 spiro atoms. The highest BCUT2D eigenvalue weighted by molar-refractivity contribution is 7.90. The van der Waals surface area contributed by atoms with Gasteiger partial charge in [0.25, 0.3) is 5.91 Å². The molecule has 1 N–H and O–H groups in total. The van der Waals surface area contributed by atoms with E-state index in [9.17, 15) is 13.2 Å². The summed E-state index contributed by atoms with van der Waals surface area (Å²) in [7, 11) is -3.47. The molecule has 0 saturated heterocycles. The van der Waals surface area contributed by atoms with Crippen molar-refractivity contribution in [1.82, 2.24) is 10.1 Å². The molecule has 7 nitrogen and oxygen atoms in total. The lowest BCUT2D eigenvalue weighted by molar-refractivity contribution is 0.102. The average Bonchev–Trinajstić information content (AvgIpc) is 3.23. The minimum Gasteiger partial charge on any atom is -0.338 e. The smallest absolute Gasteiger partial charge is 0.258 e. The first-order valence-corrected chi connectivity index (χ1v) is 11.1. The van der Waals surface area contributed by atoms with E-state index in [1.165, 1.54) is 0 Å². The van der Waals surface area contributed by atoms with Crippen LogP contribution in [0.5, 0.6) is 0 Å². The molecular formula is C23H19N3O4S. The predicted octanol–water partition coefficient (Wildman–Crippen LogP) is 4.27. The molecule has 2 heterocycles. The van der Waals surface area contributed by atoms with Gasteiger partial charge < -0.3 is 4.52 Å². The number of aryl methyl sites for hydroxylation is 1. The van der Waals surface area contributed by atoms with Crippen LogP contribution in [0.1, 0.15) is 21.5 Å². The van der Waals surface area contributed by atoms with Gasteiger partial charge in [-0.15, -0.1) is 0 Å². The molecule has 0 unspecified atom stereocenters. The van der Waals surface area contributed by atoms with E-state index in [1.807, 2.05) is 13.0 Å². The second-order valence-electron chi connectivity index (χ2n) is 7.01. The van der Waals surface area contributed by atoms with Crippen molar-refractivity contribution in [2.24, 2.45) is 0 Å². The Bertz CT molecular complexity index is 1300. The van der Waals surface area contributed by atoms with Crippen molar-refractivity contribution >= 4 is 21.6 Å². The van der Waals surface area contributed by atoms with Gasteiger partial charge in [0.2, 0.25) is 5.88 Å². The molecule has 0 bridgehead atoms. The summed E-state index contributed by atoms with van der Waals surface area (Å²) in [5.74, 6) is -0.346. The number of pyridine rings is 1. The Hall–Kier alpha value is -3.78. The largest absolute Gasteiger partial charge is 0.338 e. The third-order valence-corrected chi connectivity index (χ3v) is 6.33. The molecule has 4 rings (SSSR count). The Morgan fingerprint density at radius 2 is 1.71 bits per heavy atom. The average molecular weight is 433 g/mol. The first-order chi connectivity index (χ1) is 14.9. The van der Waals surface area contributed by atoms with E-state index in [0.717, 1.165) is 5.56 Å². The monoisotopic (exact) mass is 433 g/mol. The summed E-state index contributed by atoms with van der Waals surface area (Å²) in [6.07, 6.45) is 1.64. The first kappa shape index (κ1) is 20.5. The number of nitrogens with one attached hydrogen (secondary N) is 1. The SMILES string of the molecule is Cc1ccc(S(=O)(=O)Cc2ccc(C(=O)Nc3cc(-c4ccccn4)no3)cc2)cc1. The molecule has 0 saturated carbocycles. The van der Waals surface area contributed by atoms with Crippen molar-refractivity contribution in [2.45, 2.75) is 17.6 Å². The summed E-state index contributed by atoms with van der Waals surface area (Å²) in [6, 6.07) is 20.1. The fraction of sp³-hybridized carbons (Fsp3) is 0.0870. The van der Waals surface area contributed by atoms with Crippen LogP contribution in [0, 0.1) is 6.92 Å². The van der Waals surface area contributed by atoms with Crippen molar-refractivity contribution in [1.29, 1.82) is 0 Å². The van der Waals surface area contributed by atoms with Crippen LogP contribution in [0.15, 0.2) is 88.4 Å². The van der Waals surface area contributed by atoms with Crippen LogP contribution in [-0.4, -0.2) is 24.5 Å². The lowest BCUT2D eigenvalue weighted by Gasteiger charge is -2.06. The maximum atomic E-state index is 12.6. The zero-order chi connectivity index (χ0) is 21.8. The van der Waals surface area contributed by atoms with E-state index in [0.29, 0.717) is 22.5 Å². The van der Waals surface area contributed by atoms with E-state index in [2.05, 4.69) is 15.5 Å².